The Morgan fingerprint density at radius 1 is 0.707 bits per heavy atom. The van der Waals surface area contributed by atoms with Crippen molar-refractivity contribution < 1.29 is 20.1 Å². The van der Waals surface area contributed by atoms with E-state index in [1.165, 1.54) is 64.2 Å². The molecular weight excluding hydrogens is 512 g/mol. The van der Waals surface area contributed by atoms with Crippen LogP contribution in [0.5, 0.6) is 17.5 Å². The molecule has 0 fully saturated rings. The number of amides is 1. The summed E-state index contributed by atoms with van der Waals surface area (Å²) in [6.07, 6.45) is 16.5. The second kappa shape index (κ2) is 16.1. The summed E-state index contributed by atoms with van der Waals surface area (Å²) in [7, 11) is 0. The molecule has 4 N–H and O–H groups in total. The number of phenolic OH excluding ortho intramolecular Hbond substituents is 1. The van der Waals surface area contributed by atoms with E-state index in [2.05, 4.69) is 53.9 Å². The van der Waals surface area contributed by atoms with Crippen molar-refractivity contribution >= 4 is 5.91 Å². The summed E-state index contributed by atoms with van der Waals surface area (Å²) < 4.78 is 1.08. The van der Waals surface area contributed by atoms with E-state index in [0.29, 0.717) is 24.2 Å². The van der Waals surface area contributed by atoms with Crippen molar-refractivity contribution in [3.8, 4) is 17.5 Å². The number of benzene rings is 1. The summed E-state index contributed by atoms with van der Waals surface area (Å²) in [6, 6.07) is 5.50. The first-order valence-electron chi connectivity index (χ1n) is 16.0. The maximum atomic E-state index is 12.8. The van der Waals surface area contributed by atoms with Crippen LogP contribution in [0.2, 0.25) is 0 Å². The summed E-state index contributed by atoms with van der Waals surface area (Å²) in [4.78, 5) is 12.8. The molecule has 0 unspecified atom stereocenters. The molecule has 0 saturated carbocycles. The summed E-state index contributed by atoms with van der Waals surface area (Å²) in [5.74, 6) is -0.250. The molecule has 0 aliphatic rings. The average molecular weight is 571 g/mol. The number of aromatic hydroxyl groups is 3. The van der Waals surface area contributed by atoms with Gasteiger partial charge in [-0.15, -0.1) is 0 Å². The number of aromatic nitrogens is 1. The molecule has 0 aliphatic carbocycles. The Hall–Kier alpha value is -2.63. The van der Waals surface area contributed by atoms with Gasteiger partial charge in [0.05, 0.1) is 0 Å². The fourth-order valence-electron chi connectivity index (χ4n) is 5.41. The highest BCUT2D eigenvalue weighted by molar-refractivity contribution is 5.84. The molecule has 0 atom stereocenters. The smallest absolute Gasteiger partial charge is 0.239 e. The molecule has 0 spiro atoms. The van der Waals surface area contributed by atoms with Crippen LogP contribution in [0.1, 0.15) is 154 Å². The molecule has 1 amide bonds. The molecule has 2 aromatic rings. The largest absolute Gasteiger partial charge is 0.507 e. The van der Waals surface area contributed by atoms with Crippen LogP contribution in [0, 0.1) is 0 Å². The molecule has 1 heterocycles. The Morgan fingerprint density at radius 3 is 1.63 bits per heavy atom. The zero-order valence-electron chi connectivity index (χ0n) is 27.0. The van der Waals surface area contributed by atoms with Gasteiger partial charge in [-0.1, -0.05) is 131 Å². The number of phenols is 1. The maximum absolute atomic E-state index is 12.8. The van der Waals surface area contributed by atoms with Crippen molar-refractivity contribution in [1.82, 2.24) is 4.68 Å². The predicted molar refractivity (Wildman–Crippen MR) is 171 cm³/mol. The minimum atomic E-state index is -0.300. The quantitative estimate of drug-likeness (QED) is 0.143. The van der Waals surface area contributed by atoms with E-state index in [1.54, 1.807) is 6.07 Å². The number of aryl methyl sites for hydroxylation is 2. The SMILES string of the molecule is CCCCCCCCCCCCCCc1cc(O)n(NC(=O)CCc2cc(C(C)(C)C)c(O)c(C(C)(C)C)c2)c1O. The number of hydrogen-bond acceptors (Lipinski definition) is 4. The van der Waals surface area contributed by atoms with Crippen molar-refractivity contribution in [2.75, 3.05) is 5.43 Å². The monoisotopic (exact) mass is 570 g/mol. The second-order valence-corrected chi connectivity index (χ2v) is 13.9. The molecule has 6 nitrogen and oxygen atoms in total. The topological polar surface area (TPSA) is 94.7 Å². The first kappa shape index (κ1) is 34.6. The first-order chi connectivity index (χ1) is 19.3. The third-order valence-corrected chi connectivity index (χ3v) is 7.99. The van der Waals surface area contributed by atoms with Crippen LogP contribution in [0.15, 0.2) is 18.2 Å². The third-order valence-electron chi connectivity index (χ3n) is 7.99. The minimum Gasteiger partial charge on any atom is -0.507 e. The van der Waals surface area contributed by atoms with Crippen molar-refractivity contribution in [2.24, 2.45) is 0 Å². The van der Waals surface area contributed by atoms with E-state index in [0.717, 1.165) is 34.2 Å². The molecular formula is C35H58N2O4. The number of nitrogens with zero attached hydrogens (tertiary/aromatic N) is 1. The number of carbonyl (C=O) groups excluding carboxylic acids is 1. The molecule has 1 aromatic carbocycles. The van der Waals surface area contributed by atoms with Gasteiger partial charge in [0.2, 0.25) is 17.7 Å². The number of hydrogen-bond donors (Lipinski definition) is 4. The van der Waals surface area contributed by atoms with E-state index in [4.69, 9.17) is 0 Å². The van der Waals surface area contributed by atoms with E-state index >= 15 is 0 Å². The van der Waals surface area contributed by atoms with Gasteiger partial charge in [-0.25, -0.2) is 0 Å². The molecule has 6 heteroatoms. The van der Waals surface area contributed by atoms with Crippen LogP contribution >= 0.6 is 0 Å². The lowest BCUT2D eigenvalue weighted by Crippen LogP contribution is -2.23. The van der Waals surface area contributed by atoms with Crippen LogP contribution in [-0.4, -0.2) is 25.9 Å². The molecule has 0 saturated heterocycles. The van der Waals surface area contributed by atoms with Gasteiger partial charge in [0, 0.05) is 18.1 Å². The molecule has 2 rings (SSSR count). The minimum absolute atomic E-state index is 0.103. The van der Waals surface area contributed by atoms with Gasteiger partial charge in [0.1, 0.15) is 5.75 Å². The van der Waals surface area contributed by atoms with Crippen LogP contribution < -0.4 is 5.43 Å². The van der Waals surface area contributed by atoms with Gasteiger partial charge in [-0.2, -0.15) is 4.68 Å². The van der Waals surface area contributed by atoms with E-state index < -0.39 is 0 Å². The van der Waals surface area contributed by atoms with Gasteiger partial charge in [-0.3, -0.25) is 10.2 Å². The predicted octanol–water partition coefficient (Wildman–Crippen LogP) is 9.15. The van der Waals surface area contributed by atoms with Gasteiger partial charge in [-0.05, 0) is 46.8 Å². The van der Waals surface area contributed by atoms with Crippen molar-refractivity contribution in [2.45, 2.75) is 156 Å². The Labute approximate surface area is 249 Å². The van der Waals surface area contributed by atoms with Crippen LogP contribution in [0.4, 0.5) is 0 Å². The molecule has 232 valence electrons. The molecule has 0 radical (unpaired) electrons. The summed E-state index contributed by atoms with van der Waals surface area (Å²) in [5, 5.41) is 32.0. The first-order valence-corrected chi connectivity index (χ1v) is 16.0. The number of nitrogens with one attached hydrogen (secondary N) is 1. The van der Waals surface area contributed by atoms with Crippen molar-refractivity contribution in [3.63, 3.8) is 0 Å². The lowest BCUT2D eigenvalue weighted by atomic mass is 9.78. The van der Waals surface area contributed by atoms with Crippen molar-refractivity contribution in [1.29, 1.82) is 0 Å². The Kier molecular flexibility index (Phi) is 13.6. The number of unbranched alkanes of at least 4 members (excludes halogenated alkanes) is 11. The van der Waals surface area contributed by atoms with Crippen LogP contribution in [0.25, 0.3) is 0 Å². The van der Waals surface area contributed by atoms with Crippen molar-refractivity contribution in [3.05, 3.63) is 40.5 Å². The van der Waals surface area contributed by atoms with Gasteiger partial charge in [0.15, 0.2) is 0 Å². The number of rotatable bonds is 17. The fraction of sp³-hybridized carbons (Fsp3) is 0.686. The third kappa shape index (κ3) is 11.3. The molecule has 1 aromatic heterocycles. The van der Waals surface area contributed by atoms with Gasteiger partial charge in [0.25, 0.3) is 0 Å². The Balaban J connectivity index is 1.83. The Bertz CT molecular complexity index is 1050. The zero-order valence-corrected chi connectivity index (χ0v) is 27.0. The molecule has 0 bridgehead atoms. The Morgan fingerprint density at radius 2 is 1.17 bits per heavy atom. The van der Waals surface area contributed by atoms with E-state index in [-0.39, 0.29) is 34.9 Å². The highest BCUT2D eigenvalue weighted by atomic mass is 16.3. The summed E-state index contributed by atoms with van der Waals surface area (Å²) in [5.41, 5.74) is 5.52. The lowest BCUT2D eigenvalue weighted by molar-refractivity contribution is -0.117. The van der Waals surface area contributed by atoms with Gasteiger partial charge >= 0.3 is 0 Å². The summed E-state index contributed by atoms with van der Waals surface area (Å²) >= 11 is 0. The second-order valence-electron chi connectivity index (χ2n) is 13.9. The van der Waals surface area contributed by atoms with Crippen LogP contribution in [-0.2, 0) is 28.5 Å². The number of carbonyl (C=O) groups is 1. The standard InChI is InChI=1S/C35H58N2O4/c1-8-9-10-11-12-13-14-15-16-17-18-19-20-27-25-31(39)37(33(27)41)36-30(38)22-21-26-23-28(34(2,3)4)32(40)29(24-26)35(5,6)7/h23-25,39-41H,8-22H2,1-7H3,(H,36,38). The van der Waals surface area contributed by atoms with E-state index in [9.17, 15) is 20.1 Å². The maximum Gasteiger partial charge on any atom is 0.239 e. The molecule has 41 heavy (non-hydrogen) atoms. The van der Waals surface area contributed by atoms with Crippen LogP contribution in [0.3, 0.4) is 0 Å². The van der Waals surface area contributed by atoms with E-state index in [1.807, 2.05) is 12.1 Å². The molecule has 0 aliphatic heterocycles. The highest BCUT2D eigenvalue weighted by Gasteiger charge is 2.26. The summed E-state index contributed by atoms with van der Waals surface area (Å²) in [6.45, 7) is 14.7. The highest BCUT2D eigenvalue weighted by Crippen LogP contribution is 2.40. The average Bonchev–Trinajstić information content (AvgIpc) is 3.14. The zero-order chi connectivity index (χ0) is 30.6. The lowest BCUT2D eigenvalue weighted by Gasteiger charge is -2.28. The van der Waals surface area contributed by atoms with Gasteiger partial charge < -0.3 is 15.3 Å². The fourth-order valence-corrected chi connectivity index (χ4v) is 5.41. The normalized spacial score (nSPS) is 12.2.